The maximum absolute atomic E-state index is 14.3. The number of alkyl carbamates (subject to hydrolysis) is 1. The van der Waals surface area contributed by atoms with Crippen LogP contribution in [0.15, 0.2) is 55.0 Å². The Balaban J connectivity index is 1.67. The van der Waals surface area contributed by atoms with Gasteiger partial charge in [-0.2, -0.15) is 0 Å². The number of carbonyl (C=O) groups excluding carboxylic acids is 2. The van der Waals surface area contributed by atoms with Gasteiger partial charge in [-0.25, -0.2) is 18.6 Å². The zero-order chi connectivity index (χ0) is 30.7. The van der Waals surface area contributed by atoms with E-state index in [1.165, 1.54) is 6.07 Å². The summed E-state index contributed by atoms with van der Waals surface area (Å²) in [4.78, 5) is 34.7. The van der Waals surface area contributed by atoms with Crippen molar-refractivity contribution >= 4 is 17.6 Å². The van der Waals surface area contributed by atoms with Crippen LogP contribution in [0, 0.1) is 18.6 Å². The Kier molecular flexibility index (Phi) is 8.79. The van der Waals surface area contributed by atoms with Crippen LogP contribution >= 0.6 is 0 Å². The molecular formula is C31H35F2N5O4. The number of fused-ring (bicyclic) bond motifs is 1. The molecule has 2 amide bonds. The normalized spacial score (nSPS) is 13.0. The average molecular weight is 580 g/mol. The fraction of sp³-hybridized carbons (Fsp3) is 0.355. The summed E-state index contributed by atoms with van der Waals surface area (Å²) < 4.78 is 41.5. The molecule has 0 aliphatic carbocycles. The lowest BCUT2D eigenvalue weighted by atomic mass is 9.99. The fourth-order valence-electron chi connectivity index (χ4n) is 4.29. The van der Waals surface area contributed by atoms with Gasteiger partial charge >= 0.3 is 6.09 Å². The molecule has 3 heterocycles. The third-order valence-corrected chi connectivity index (χ3v) is 6.73. The number of aromatic nitrogens is 3. The first-order valence-corrected chi connectivity index (χ1v) is 13.6. The van der Waals surface area contributed by atoms with E-state index in [4.69, 9.17) is 9.47 Å². The maximum Gasteiger partial charge on any atom is 0.408 e. The topological polar surface area (TPSA) is 107 Å². The van der Waals surface area contributed by atoms with Crippen LogP contribution in [0.3, 0.4) is 0 Å². The van der Waals surface area contributed by atoms with E-state index in [1.54, 1.807) is 62.8 Å². The number of hydrogen-bond donors (Lipinski definition) is 2. The van der Waals surface area contributed by atoms with Gasteiger partial charge < -0.3 is 20.1 Å². The molecule has 0 spiro atoms. The maximum atomic E-state index is 14.3. The van der Waals surface area contributed by atoms with E-state index >= 15 is 0 Å². The zero-order valence-electron chi connectivity index (χ0n) is 24.5. The standard InChI is InChI=1S/C31H35F2N5O4/c1-7-31(6,37-29(40)42-30(3,4)5)18-35-28(39)26-19(2)36-27-25(41-17-22-23(32)11-8-12-24(22)33)14-21(16-38(26)27)20-10-9-13-34-15-20/h8-16H,7,17-18H2,1-6H3,(H,35,39)(H,37,40). The van der Waals surface area contributed by atoms with Gasteiger partial charge in [-0.15, -0.1) is 0 Å². The summed E-state index contributed by atoms with van der Waals surface area (Å²) in [7, 11) is 0. The second-order valence-electron chi connectivity index (χ2n) is 11.3. The molecule has 3 aromatic heterocycles. The van der Waals surface area contributed by atoms with Crippen molar-refractivity contribution in [2.75, 3.05) is 6.54 Å². The number of carbonyl (C=O) groups is 2. The van der Waals surface area contributed by atoms with E-state index in [-0.39, 0.29) is 30.2 Å². The van der Waals surface area contributed by atoms with E-state index in [0.29, 0.717) is 23.3 Å². The van der Waals surface area contributed by atoms with Gasteiger partial charge in [0.25, 0.3) is 5.91 Å². The van der Waals surface area contributed by atoms with Crippen LogP contribution < -0.4 is 15.4 Å². The number of hydrogen-bond acceptors (Lipinski definition) is 6. The average Bonchev–Trinajstić information content (AvgIpc) is 3.26. The van der Waals surface area contributed by atoms with E-state index < -0.39 is 34.8 Å². The van der Waals surface area contributed by atoms with Crippen molar-refractivity contribution in [3.63, 3.8) is 0 Å². The molecular weight excluding hydrogens is 544 g/mol. The molecule has 222 valence electrons. The van der Waals surface area contributed by atoms with Gasteiger partial charge in [-0.3, -0.25) is 14.2 Å². The lowest BCUT2D eigenvalue weighted by molar-refractivity contribution is 0.0456. The quantitative estimate of drug-likeness (QED) is 0.253. The molecule has 4 rings (SSSR count). The van der Waals surface area contributed by atoms with Crippen molar-refractivity contribution in [2.45, 2.75) is 65.7 Å². The summed E-state index contributed by atoms with van der Waals surface area (Å²) >= 11 is 0. The minimum Gasteiger partial charge on any atom is -0.485 e. The van der Waals surface area contributed by atoms with E-state index in [9.17, 15) is 18.4 Å². The molecule has 0 radical (unpaired) electrons. The Morgan fingerprint density at radius 3 is 2.38 bits per heavy atom. The fourth-order valence-corrected chi connectivity index (χ4v) is 4.29. The third-order valence-electron chi connectivity index (χ3n) is 6.73. The van der Waals surface area contributed by atoms with Crippen LogP contribution in [-0.4, -0.2) is 44.1 Å². The minimum atomic E-state index is -0.786. The van der Waals surface area contributed by atoms with Crippen LogP contribution in [0.5, 0.6) is 5.75 Å². The number of benzene rings is 1. The summed E-state index contributed by atoms with van der Waals surface area (Å²) in [6.45, 7) is 10.4. The molecule has 11 heteroatoms. The molecule has 0 aliphatic rings. The van der Waals surface area contributed by atoms with Crippen LogP contribution in [0.2, 0.25) is 0 Å². The number of aryl methyl sites for hydroxylation is 1. The Labute approximate surface area is 243 Å². The second-order valence-corrected chi connectivity index (χ2v) is 11.3. The summed E-state index contributed by atoms with van der Waals surface area (Å²) in [5.74, 6) is -1.66. The molecule has 0 saturated heterocycles. The molecule has 0 saturated carbocycles. The predicted octanol–water partition coefficient (Wildman–Crippen LogP) is 5.99. The van der Waals surface area contributed by atoms with Crippen molar-refractivity contribution in [1.82, 2.24) is 25.0 Å². The van der Waals surface area contributed by atoms with Crippen molar-refractivity contribution in [3.05, 3.63) is 83.6 Å². The first-order chi connectivity index (χ1) is 19.8. The highest BCUT2D eigenvalue weighted by atomic mass is 19.1. The van der Waals surface area contributed by atoms with E-state index in [0.717, 1.165) is 17.7 Å². The molecule has 1 unspecified atom stereocenters. The highest BCUT2D eigenvalue weighted by molar-refractivity contribution is 5.95. The number of rotatable bonds is 9. The molecule has 42 heavy (non-hydrogen) atoms. The zero-order valence-corrected chi connectivity index (χ0v) is 24.5. The first kappa shape index (κ1) is 30.4. The summed E-state index contributed by atoms with van der Waals surface area (Å²) in [5.41, 5.74) is 0.664. The van der Waals surface area contributed by atoms with Crippen molar-refractivity contribution < 1.29 is 27.8 Å². The third kappa shape index (κ3) is 7.02. The molecule has 1 aromatic carbocycles. The summed E-state index contributed by atoms with van der Waals surface area (Å²) in [6, 6.07) is 8.90. The Morgan fingerprint density at radius 2 is 1.76 bits per heavy atom. The predicted molar refractivity (Wildman–Crippen MR) is 154 cm³/mol. The van der Waals surface area contributed by atoms with Crippen LogP contribution in [-0.2, 0) is 11.3 Å². The minimum absolute atomic E-state index is 0.118. The molecule has 9 nitrogen and oxygen atoms in total. The van der Waals surface area contributed by atoms with E-state index in [1.807, 2.05) is 19.9 Å². The largest absolute Gasteiger partial charge is 0.485 e. The highest BCUT2D eigenvalue weighted by Crippen LogP contribution is 2.30. The lowest BCUT2D eigenvalue weighted by Crippen LogP contribution is -2.54. The van der Waals surface area contributed by atoms with Crippen molar-refractivity contribution in [1.29, 1.82) is 0 Å². The number of amides is 2. The summed E-state index contributed by atoms with van der Waals surface area (Å²) in [5, 5.41) is 5.75. The molecule has 0 fully saturated rings. The molecule has 2 N–H and O–H groups in total. The Bertz CT molecular complexity index is 1580. The second kappa shape index (κ2) is 12.1. The van der Waals surface area contributed by atoms with Gasteiger partial charge in [0.15, 0.2) is 11.4 Å². The van der Waals surface area contributed by atoms with Gasteiger partial charge in [-0.1, -0.05) is 19.1 Å². The SMILES string of the molecule is CCC(C)(CNC(=O)c1c(C)nc2c(OCc3c(F)cccc3F)cc(-c3cccnc3)cn12)NC(=O)OC(C)(C)C. The van der Waals surface area contributed by atoms with Gasteiger partial charge in [0.1, 0.15) is 29.5 Å². The first-order valence-electron chi connectivity index (χ1n) is 13.6. The smallest absolute Gasteiger partial charge is 0.408 e. The number of imidazole rings is 1. The Hall–Kier alpha value is -4.54. The van der Waals surface area contributed by atoms with Gasteiger partial charge in [0.05, 0.1) is 16.8 Å². The van der Waals surface area contributed by atoms with Gasteiger partial charge in [0, 0.05) is 36.3 Å². The molecule has 1 atom stereocenters. The molecule has 0 bridgehead atoms. The van der Waals surface area contributed by atoms with E-state index in [2.05, 4.69) is 20.6 Å². The number of ether oxygens (including phenoxy) is 2. The number of nitrogens with zero attached hydrogens (tertiary/aromatic N) is 3. The summed E-state index contributed by atoms with van der Waals surface area (Å²) in [6.07, 6.45) is 4.96. The number of pyridine rings is 2. The Morgan fingerprint density at radius 1 is 1.05 bits per heavy atom. The van der Waals surface area contributed by atoms with Crippen molar-refractivity contribution in [2.24, 2.45) is 0 Å². The van der Waals surface area contributed by atoms with Gasteiger partial charge in [0.2, 0.25) is 0 Å². The molecule has 0 aliphatic heterocycles. The molecule has 4 aromatic rings. The number of halogens is 2. The van der Waals surface area contributed by atoms with Crippen LogP contribution in [0.25, 0.3) is 16.8 Å². The number of nitrogens with one attached hydrogen (secondary N) is 2. The van der Waals surface area contributed by atoms with Gasteiger partial charge in [-0.05, 0) is 65.3 Å². The highest BCUT2D eigenvalue weighted by Gasteiger charge is 2.29. The monoisotopic (exact) mass is 579 g/mol. The lowest BCUT2D eigenvalue weighted by Gasteiger charge is -2.31. The van der Waals surface area contributed by atoms with Crippen LogP contribution in [0.1, 0.15) is 62.8 Å². The van der Waals surface area contributed by atoms with Crippen LogP contribution in [0.4, 0.5) is 13.6 Å². The van der Waals surface area contributed by atoms with Crippen molar-refractivity contribution in [3.8, 4) is 16.9 Å².